The van der Waals surface area contributed by atoms with E-state index in [0.29, 0.717) is 15.7 Å². The van der Waals surface area contributed by atoms with Crippen LogP contribution in [0.25, 0.3) is 0 Å². The molecule has 0 heterocycles. The van der Waals surface area contributed by atoms with Crippen molar-refractivity contribution in [1.82, 2.24) is 5.32 Å². The minimum absolute atomic E-state index is 0.137. The summed E-state index contributed by atoms with van der Waals surface area (Å²) in [4.78, 5) is 38.0. The Kier molecular flexibility index (Phi) is 11.5. The standard InChI is InChI=1S/C27H29F6IN2O7S/c1-6-42-20(37)13-43-25(26(28,29)30,27(31,32)33)16-10-11-19(15(2)12-16)35-22(38)17-8-7-9-18(34)21(17)23(39)36-24(3,4)14-44(5,40)41/h7-12H,6,13-14H2,1-5H3,(H,35,38)(H,36,39). The highest BCUT2D eigenvalue weighted by Gasteiger charge is 2.73. The maximum Gasteiger partial charge on any atom is 0.430 e. The Morgan fingerprint density at radius 3 is 2.05 bits per heavy atom. The van der Waals surface area contributed by atoms with Gasteiger partial charge in [0, 0.05) is 26.6 Å². The summed E-state index contributed by atoms with van der Waals surface area (Å²) in [6.45, 7) is 3.42. The van der Waals surface area contributed by atoms with Crippen LogP contribution in [0.3, 0.4) is 0 Å². The lowest BCUT2D eigenvalue weighted by Gasteiger charge is -2.37. The van der Waals surface area contributed by atoms with Crippen LogP contribution in [0.5, 0.6) is 0 Å². The molecule has 0 aromatic heterocycles. The number of esters is 1. The largest absolute Gasteiger partial charge is 0.464 e. The summed E-state index contributed by atoms with van der Waals surface area (Å²) in [5.41, 5.74) is -8.31. The monoisotopic (exact) mass is 766 g/mol. The van der Waals surface area contributed by atoms with Gasteiger partial charge < -0.3 is 20.1 Å². The fourth-order valence-electron chi connectivity index (χ4n) is 4.32. The van der Waals surface area contributed by atoms with E-state index in [9.17, 15) is 49.1 Å². The van der Waals surface area contributed by atoms with E-state index in [4.69, 9.17) is 0 Å². The van der Waals surface area contributed by atoms with Gasteiger partial charge in [0.15, 0.2) is 0 Å². The highest BCUT2D eigenvalue weighted by atomic mass is 127. The van der Waals surface area contributed by atoms with Crippen molar-refractivity contribution in [1.29, 1.82) is 0 Å². The van der Waals surface area contributed by atoms with Crippen LogP contribution in [-0.2, 0) is 29.7 Å². The van der Waals surface area contributed by atoms with Gasteiger partial charge >= 0.3 is 18.3 Å². The highest BCUT2D eigenvalue weighted by Crippen LogP contribution is 2.53. The summed E-state index contributed by atoms with van der Waals surface area (Å²) >= 11 is 1.78. The molecule has 0 radical (unpaired) electrons. The fraction of sp³-hybridized carbons (Fsp3) is 0.444. The van der Waals surface area contributed by atoms with Gasteiger partial charge in [-0.25, -0.2) is 13.2 Å². The Morgan fingerprint density at radius 2 is 1.55 bits per heavy atom. The Bertz CT molecular complexity index is 1510. The molecule has 2 aromatic rings. The molecule has 244 valence electrons. The molecule has 0 spiro atoms. The average molecular weight is 766 g/mol. The number of sulfone groups is 1. The molecular formula is C27H29F6IN2O7S. The van der Waals surface area contributed by atoms with Gasteiger partial charge in [0.05, 0.1) is 23.5 Å². The average Bonchev–Trinajstić information content (AvgIpc) is 2.82. The first-order chi connectivity index (χ1) is 20.0. The second-order valence-corrected chi connectivity index (χ2v) is 13.6. The van der Waals surface area contributed by atoms with Crippen LogP contribution in [0.2, 0.25) is 0 Å². The van der Waals surface area contributed by atoms with E-state index >= 15 is 0 Å². The van der Waals surface area contributed by atoms with Gasteiger partial charge in [-0.3, -0.25) is 9.59 Å². The zero-order chi connectivity index (χ0) is 33.9. The number of benzene rings is 2. The van der Waals surface area contributed by atoms with Crippen LogP contribution in [0.15, 0.2) is 36.4 Å². The van der Waals surface area contributed by atoms with E-state index < -0.39 is 69.0 Å². The van der Waals surface area contributed by atoms with Crippen molar-refractivity contribution < 1.29 is 58.6 Å². The van der Waals surface area contributed by atoms with E-state index in [1.807, 2.05) is 0 Å². The quantitative estimate of drug-likeness (QED) is 0.181. The zero-order valence-electron chi connectivity index (χ0n) is 24.0. The predicted octanol–water partition coefficient (Wildman–Crippen LogP) is 5.30. The molecule has 44 heavy (non-hydrogen) atoms. The SMILES string of the molecule is CCOC(=O)COC(c1ccc(NC(=O)c2cccc(I)c2C(=O)NC(C)(C)CS(C)(=O)=O)c(C)c1)(C(F)(F)F)C(F)(F)F. The number of aryl methyl sites for hydroxylation is 1. The number of amides is 2. The lowest BCUT2D eigenvalue weighted by Crippen LogP contribution is -2.56. The molecule has 0 aliphatic rings. The summed E-state index contributed by atoms with van der Waals surface area (Å²) in [5.74, 6) is -3.58. The third kappa shape index (κ3) is 8.83. The van der Waals surface area contributed by atoms with Crippen LogP contribution in [-0.4, -0.2) is 69.3 Å². The predicted molar refractivity (Wildman–Crippen MR) is 156 cm³/mol. The van der Waals surface area contributed by atoms with Crippen molar-refractivity contribution in [3.8, 4) is 0 Å². The normalized spacial score (nSPS) is 12.9. The molecule has 0 aliphatic carbocycles. The van der Waals surface area contributed by atoms with E-state index in [1.54, 1.807) is 22.6 Å². The van der Waals surface area contributed by atoms with E-state index in [2.05, 4.69) is 20.1 Å². The minimum Gasteiger partial charge on any atom is -0.464 e. The first-order valence-electron chi connectivity index (χ1n) is 12.6. The van der Waals surface area contributed by atoms with Crippen LogP contribution in [0.4, 0.5) is 32.0 Å². The second kappa shape index (κ2) is 13.6. The number of ether oxygens (including phenoxy) is 2. The van der Waals surface area contributed by atoms with Gasteiger partial charge in [0.1, 0.15) is 16.4 Å². The molecule has 2 N–H and O–H groups in total. The highest BCUT2D eigenvalue weighted by molar-refractivity contribution is 14.1. The Balaban J connectivity index is 2.50. The second-order valence-electron chi connectivity index (χ2n) is 10.3. The molecule has 0 aliphatic heterocycles. The molecule has 0 fully saturated rings. The number of anilines is 1. The molecule has 2 amide bonds. The lowest BCUT2D eigenvalue weighted by molar-refractivity contribution is -0.387. The van der Waals surface area contributed by atoms with Gasteiger partial charge in [0.25, 0.3) is 17.4 Å². The number of nitrogens with one attached hydrogen (secondary N) is 2. The van der Waals surface area contributed by atoms with E-state index in [0.717, 1.165) is 19.2 Å². The molecule has 2 rings (SSSR count). The first kappa shape index (κ1) is 37.3. The molecule has 9 nitrogen and oxygen atoms in total. The number of rotatable bonds is 11. The first-order valence-corrected chi connectivity index (χ1v) is 15.7. The van der Waals surface area contributed by atoms with Crippen LogP contribution < -0.4 is 10.6 Å². The van der Waals surface area contributed by atoms with Crippen molar-refractivity contribution in [2.45, 2.75) is 51.2 Å². The topological polar surface area (TPSA) is 128 Å². The molecule has 0 unspecified atom stereocenters. The molecule has 17 heteroatoms. The van der Waals surface area contributed by atoms with Crippen molar-refractivity contribution in [3.05, 3.63) is 62.2 Å². The van der Waals surface area contributed by atoms with Crippen molar-refractivity contribution in [2.75, 3.05) is 30.5 Å². The summed E-state index contributed by atoms with van der Waals surface area (Å²) in [6, 6.07) is 5.96. The molecule has 0 bridgehead atoms. The Hall–Kier alpha value is -2.93. The number of hydrogen-bond donors (Lipinski definition) is 2. The van der Waals surface area contributed by atoms with Gasteiger partial charge in [-0.1, -0.05) is 18.2 Å². The van der Waals surface area contributed by atoms with Crippen LogP contribution in [0.1, 0.15) is 52.6 Å². The molecule has 0 saturated carbocycles. The summed E-state index contributed by atoms with van der Waals surface area (Å²) in [5, 5.41) is 4.94. The van der Waals surface area contributed by atoms with Crippen molar-refractivity contribution in [2.24, 2.45) is 0 Å². The maximum atomic E-state index is 14.1. The van der Waals surface area contributed by atoms with Gasteiger partial charge in [0.2, 0.25) is 0 Å². The van der Waals surface area contributed by atoms with Gasteiger partial charge in [-0.2, -0.15) is 26.3 Å². The van der Waals surface area contributed by atoms with E-state index in [-0.39, 0.29) is 29.0 Å². The van der Waals surface area contributed by atoms with Crippen molar-refractivity contribution >= 4 is 55.9 Å². The number of halogens is 7. The summed E-state index contributed by atoms with van der Waals surface area (Å²) in [7, 11) is -3.50. The van der Waals surface area contributed by atoms with Gasteiger partial charge in [-0.15, -0.1) is 0 Å². The molecule has 0 saturated heterocycles. The number of carbonyl (C=O) groups excluding carboxylic acids is 3. The Morgan fingerprint density at radius 1 is 0.955 bits per heavy atom. The van der Waals surface area contributed by atoms with Crippen LogP contribution >= 0.6 is 22.6 Å². The minimum atomic E-state index is -6.07. The van der Waals surface area contributed by atoms with Crippen LogP contribution in [0, 0.1) is 10.5 Å². The Labute approximate surface area is 263 Å². The fourth-order valence-corrected chi connectivity index (χ4v) is 6.45. The summed E-state index contributed by atoms with van der Waals surface area (Å²) < 4.78 is 117. The third-order valence-electron chi connectivity index (χ3n) is 5.95. The zero-order valence-corrected chi connectivity index (χ0v) is 27.0. The number of alkyl halides is 6. The molecule has 0 atom stereocenters. The molecule has 2 aromatic carbocycles. The van der Waals surface area contributed by atoms with Gasteiger partial charge in [-0.05, 0) is 74.0 Å². The third-order valence-corrected chi connectivity index (χ3v) is 8.10. The van der Waals surface area contributed by atoms with E-state index in [1.165, 1.54) is 39.0 Å². The lowest BCUT2D eigenvalue weighted by atomic mass is 9.90. The maximum absolute atomic E-state index is 14.1. The smallest absolute Gasteiger partial charge is 0.430 e. The molecular weight excluding hydrogens is 737 g/mol. The number of carbonyl (C=O) groups is 3. The number of hydrogen-bond acceptors (Lipinski definition) is 7. The summed E-state index contributed by atoms with van der Waals surface area (Å²) in [6.07, 6.45) is -11.1. The van der Waals surface area contributed by atoms with Crippen molar-refractivity contribution in [3.63, 3.8) is 0 Å².